The summed E-state index contributed by atoms with van der Waals surface area (Å²) in [5, 5.41) is 7.55. The van der Waals surface area contributed by atoms with Crippen molar-refractivity contribution in [2.45, 2.75) is 32.1 Å². The van der Waals surface area contributed by atoms with Crippen molar-refractivity contribution in [3.63, 3.8) is 0 Å². The fourth-order valence-corrected chi connectivity index (χ4v) is 2.74. The zero-order valence-electron chi connectivity index (χ0n) is 11.3. The number of nitrogens with zero attached hydrogens (tertiary/aromatic N) is 2. The van der Waals surface area contributed by atoms with E-state index in [2.05, 4.69) is 33.7 Å². The van der Waals surface area contributed by atoms with Crippen molar-refractivity contribution in [1.29, 1.82) is 0 Å². The first kappa shape index (κ1) is 13.4. The molecule has 0 spiro atoms. The van der Waals surface area contributed by atoms with Crippen molar-refractivity contribution in [2.24, 2.45) is 5.92 Å². The first-order chi connectivity index (χ1) is 9.40. The number of nitrogens with one attached hydrogen (secondary N) is 1. The monoisotopic (exact) mass is 291 g/mol. The Hall–Kier alpha value is -1.55. The van der Waals surface area contributed by atoms with Crippen LogP contribution in [0.15, 0.2) is 22.7 Å². The van der Waals surface area contributed by atoms with Crippen LogP contribution in [0.25, 0.3) is 11.5 Å². The molecular weight excluding hydrogens is 274 g/mol. The molecule has 0 bridgehead atoms. The summed E-state index contributed by atoms with van der Waals surface area (Å²) in [6.45, 7) is 1.05. The van der Waals surface area contributed by atoms with Gasteiger partial charge in [-0.2, -0.15) is 4.98 Å². The van der Waals surface area contributed by atoms with Crippen molar-refractivity contribution < 1.29 is 4.52 Å². The average molecular weight is 292 g/mol. The lowest BCUT2D eigenvalue weighted by atomic mass is 9.97. The summed E-state index contributed by atoms with van der Waals surface area (Å²) in [6.07, 6.45) is 5.84. The average Bonchev–Trinajstić information content (AvgIpc) is 3.14. The maximum atomic E-state index is 5.46. The minimum absolute atomic E-state index is 0. The number of anilines is 1. The molecule has 4 rings (SSSR count). The van der Waals surface area contributed by atoms with Crippen LogP contribution >= 0.6 is 12.4 Å². The highest BCUT2D eigenvalue weighted by molar-refractivity contribution is 5.85. The van der Waals surface area contributed by atoms with Crippen LogP contribution < -0.4 is 5.32 Å². The second-order valence-electron chi connectivity index (χ2n) is 5.53. The Morgan fingerprint density at radius 2 is 2.20 bits per heavy atom. The Labute approximate surface area is 124 Å². The predicted octanol–water partition coefficient (Wildman–Crippen LogP) is 3.47. The normalized spacial score (nSPS) is 17.0. The Morgan fingerprint density at radius 3 is 3.05 bits per heavy atom. The van der Waals surface area contributed by atoms with Gasteiger partial charge < -0.3 is 9.84 Å². The summed E-state index contributed by atoms with van der Waals surface area (Å²) in [6, 6.07) is 6.26. The zero-order valence-corrected chi connectivity index (χ0v) is 12.1. The van der Waals surface area contributed by atoms with Crippen LogP contribution in [0.2, 0.25) is 0 Å². The lowest BCUT2D eigenvalue weighted by Crippen LogP contribution is -2.12. The van der Waals surface area contributed by atoms with Gasteiger partial charge in [-0.25, -0.2) is 0 Å². The van der Waals surface area contributed by atoms with E-state index in [9.17, 15) is 0 Å². The smallest absolute Gasteiger partial charge is 0.258 e. The SMILES string of the molecule is Cl.c1cc2c(c(-c3nc(CC4CC4)no3)c1)CCCN2. The van der Waals surface area contributed by atoms with E-state index in [1.54, 1.807) is 0 Å². The molecule has 0 radical (unpaired) electrons. The van der Waals surface area contributed by atoms with E-state index in [4.69, 9.17) is 4.52 Å². The molecule has 2 aromatic rings. The van der Waals surface area contributed by atoms with E-state index in [0.717, 1.165) is 43.1 Å². The highest BCUT2D eigenvalue weighted by Gasteiger charge is 2.25. The number of fused-ring (bicyclic) bond motifs is 1. The van der Waals surface area contributed by atoms with Crippen molar-refractivity contribution in [1.82, 2.24) is 10.1 Å². The summed E-state index contributed by atoms with van der Waals surface area (Å²) in [5.74, 6) is 2.33. The summed E-state index contributed by atoms with van der Waals surface area (Å²) in [5.41, 5.74) is 3.63. The first-order valence-corrected chi connectivity index (χ1v) is 7.09. The second-order valence-corrected chi connectivity index (χ2v) is 5.53. The molecular formula is C15H18ClN3O. The number of hydrogen-bond acceptors (Lipinski definition) is 4. The van der Waals surface area contributed by atoms with Gasteiger partial charge in [0, 0.05) is 24.2 Å². The maximum absolute atomic E-state index is 5.46. The molecule has 1 fully saturated rings. The van der Waals surface area contributed by atoms with Crippen molar-refractivity contribution >= 4 is 18.1 Å². The topological polar surface area (TPSA) is 51.0 Å². The lowest BCUT2D eigenvalue weighted by Gasteiger charge is -2.19. The van der Waals surface area contributed by atoms with Gasteiger partial charge in [-0.3, -0.25) is 0 Å². The Bertz CT molecular complexity index is 607. The summed E-state index contributed by atoms with van der Waals surface area (Å²) >= 11 is 0. The molecule has 0 amide bonds. The third-order valence-electron chi connectivity index (χ3n) is 3.96. The molecule has 2 heterocycles. The van der Waals surface area contributed by atoms with E-state index in [-0.39, 0.29) is 12.4 Å². The fraction of sp³-hybridized carbons (Fsp3) is 0.467. The molecule has 2 aliphatic rings. The number of rotatable bonds is 3. The Morgan fingerprint density at radius 1 is 1.30 bits per heavy atom. The molecule has 106 valence electrons. The quantitative estimate of drug-likeness (QED) is 0.941. The molecule has 1 saturated carbocycles. The van der Waals surface area contributed by atoms with E-state index in [1.807, 2.05) is 0 Å². The molecule has 1 aliphatic carbocycles. The van der Waals surface area contributed by atoms with Crippen LogP contribution in [-0.4, -0.2) is 16.7 Å². The van der Waals surface area contributed by atoms with E-state index in [0.29, 0.717) is 5.89 Å². The van der Waals surface area contributed by atoms with Crippen LogP contribution in [0.3, 0.4) is 0 Å². The summed E-state index contributed by atoms with van der Waals surface area (Å²) < 4.78 is 5.46. The van der Waals surface area contributed by atoms with Crippen LogP contribution in [0.1, 0.15) is 30.7 Å². The molecule has 1 aromatic heterocycles. The molecule has 0 unspecified atom stereocenters. The number of benzene rings is 1. The van der Waals surface area contributed by atoms with Gasteiger partial charge in [0.05, 0.1) is 0 Å². The number of hydrogen-bond donors (Lipinski definition) is 1. The minimum atomic E-state index is 0. The molecule has 1 aliphatic heterocycles. The van der Waals surface area contributed by atoms with Crippen LogP contribution in [0, 0.1) is 5.92 Å². The summed E-state index contributed by atoms with van der Waals surface area (Å²) in [7, 11) is 0. The zero-order chi connectivity index (χ0) is 12.7. The van der Waals surface area contributed by atoms with E-state index >= 15 is 0 Å². The number of halogens is 1. The highest BCUT2D eigenvalue weighted by atomic mass is 35.5. The van der Waals surface area contributed by atoms with E-state index < -0.39 is 0 Å². The van der Waals surface area contributed by atoms with Gasteiger partial charge in [0.25, 0.3) is 5.89 Å². The van der Waals surface area contributed by atoms with Gasteiger partial charge >= 0.3 is 0 Å². The largest absolute Gasteiger partial charge is 0.385 e. The Kier molecular flexibility index (Phi) is 3.66. The molecule has 4 nitrogen and oxygen atoms in total. The van der Waals surface area contributed by atoms with Crippen molar-refractivity contribution in [3.05, 3.63) is 29.6 Å². The third kappa shape index (κ3) is 2.52. The second kappa shape index (κ2) is 5.44. The van der Waals surface area contributed by atoms with Gasteiger partial charge in [-0.05, 0) is 49.3 Å². The maximum Gasteiger partial charge on any atom is 0.258 e. The van der Waals surface area contributed by atoms with E-state index in [1.165, 1.54) is 24.1 Å². The van der Waals surface area contributed by atoms with Gasteiger partial charge in [0.15, 0.2) is 5.82 Å². The lowest BCUT2D eigenvalue weighted by molar-refractivity contribution is 0.420. The van der Waals surface area contributed by atoms with Gasteiger partial charge in [0.1, 0.15) is 0 Å². The summed E-state index contributed by atoms with van der Waals surface area (Å²) in [4.78, 5) is 4.56. The van der Waals surface area contributed by atoms with Gasteiger partial charge in [0.2, 0.25) is 0 Å². The van der Waals surface area contributed by atoms with Gasteiger partial charge in [-0.15, -0.1) is 12.4 Å². The van der Waals surface area contributed by atoms with Crippen LogP contribution in [0.4, 0.5) is 5.69 Å². The van der Waals surface area contributed by atoms with Crippen molar-refractivity contribution in [2.75, 3.05) is 11.9 Å². The molecule has 0 saturated heterocycles. The van der Waals surface area contributed by atoms with Crippen LogP contribution in [-0.2, 0) is 12.8 Å². The molecule has 0 atom stereocenters. The molecule has 1 aromatic carbocycles. The minimum Gasteiger partial charge on any atom is -0.385 e. The Balaban J connectivity index is 0.00000121. The molecule has 5 heteroatoms. The first-order valence-electron chi connectivity index (χ1n) is 7.09. The standard InChI is InChI=1S/C15H17N3O.ClH/c1-3-12(11-4-2-8-16-13(11)5-1)15-17-14(18-19-15)9-10-6-7-10;/h1,3,5,10,16H,2,4,6-9H2;1H. The highest BCUT2D eigenvalue weighted by Crippen LogP contribution is 2.34. The third-order valence-corrected chi connectivity index (χ3v) is 3.96. The molecule has 20 heavy (non-hydrogen) atoms. The van der Waals surface area contributed by atoms with Crippen molar-refractivity contribution in [3.8, 4) is 11.5 Å². The number of aromatic nitrogens is 2. The molecule has 1 N–H and O–H groups in total. The van der Waals surface area contributed by atoms with Gasteiger partial charge in [-0.1, -0.05) is 11.2 Å². The van der Waals surface area contributed by atoms with Crippen LogP contribution in [0.5, 0.6) is 0 Å². The predicted molar refractivity (Wildman–Crippen MR) is 80.2 cm³/mol. The fourth-order valence-electron chi connectivity index (χ4n) is 2.74.